The first-order valence-corrected chi connectivity index (χ1v) is 13.3. The normalized spacial score (nSPS) is 18.3. The van der Waals surface area contributed by atoms with Gasteiger partial charge in [-0.25, -0.2) is 8.42 Å². The zero-order valence-electron chi connectivity index (χ0n) is 19.0. The SMILES string of the molecule is COc1ccc(S(=O)(=O)Nc2ccc(Cl)cc2C(=O)C2CCCC(Cc3ccccc3)C2)cc1. The van der Waals surface area contributed by atoms with Crippen LogP contribution in [0.2, 0.25) is 5.02 Å². The number of carbonyl (C=O) groups is 1. The molecule has 178 valence electrons. The standard InChI is InChI=1S/C27H28ClNO4S/c1-33-23-11-13-24(14-12-23)34(31,32)29-26-15-10-22(28)18-25(26)27(30)21-9-5-8-20(17-21)16-19-6-3-2-4-7-19/h2-4,6-7,10-15,18,20-21,29H,5,8-9,16-17H2,1H3. The Morgan fingerprint density at radius 2 is 1.76 bits per heavy atom. The maximum absolute atomic E-state index is 13.6. The summed E-state index contributed by atoms with van der Waals surface area (Å²) in [6.07, 6.45) is 4.58. The summed E-state index contributed by atoms with van der Waals surface area (Å²) in [5.41, 5.74) is 1.83. The molecule has 2 unspecified atom stereocenters. The van der Waals surface area contributed by atoms with E-state index in [9.17, 15) is 13.2 Å². The Morgan fingerprint density at radius 1 is 1.03 bits per heavy atom. The largest absolute Gasteiger partial charge is 0.497 e. The van der Waals surface area contributed by atoms with Crippen molar-refractivity contribution in [3.05, 3.63) is 88.9 Å². The Balaban J connectivity index is 1.54. The lowest BCUT2D eigenvalue weighted by Gasteiger charge is -2.29. The molecule has 4 rings (SSSR count). The fourth-order valence-corrected chi connectivity index (χ4v) is 5.90. The number of carbonyl (C=O) groups excluding carboxylic acids is 1. The number of methoxy groups -OCH3 is 1. The van der Waals surface area contributed by atoms with E-state index in [1.807, 2.05) is 18.2 Å². The van der Waals surface area contributed by atoms with Gasteiger partial charge in [0.05, 0.1) is 17.7 Å². The van der Waals surface area contributed by atoms with Gasteiger partial charge in [0.2, 0.25) is 0 Å². The Bertz CT molecular complexity index is 1240. The number of hydrogen-bond donors (Lipinski definition) is 1. The Labute approximate surface area is 206 Å². The summed E-state index contributed by atoms with van der Waals surface area (Å²) in [6, 6.07) is 21.1. The number of rotatable bonds is 8. The molecule has 5 nitrogen and oxygen atoms in total. The average molecular weight is 498 g/mol. The molecule has 1 aliphatic rings. The first-order valence-electron chi connectivity index (χ1n) is 11.4. The van der Waals surface area contributed by atoms with E-state index in [0.29, 0.717) is 22.3 Å². The highest BCUT2D eigenvalue weighted by Crippen LogP contribution is 2.36. The van der Waals surface area contributed by atoms with Crippen LogP contribution in [0.5, 0.6) is 5.75 Å². The summed E-state index contributed by atoms with van der Waals surface area (Å²) < 4.78 is 33.7. The minimum atomic E-state index is -3.89. The molecule has 2 atom stereocenters. The average Bonchev–Trinajstić information content (AvgIpc) is 2.85. The van der Waals surface area contributed by atoms with Crippen LogP contribution in [0.25, 0.3) is 0 Å². The predicted molar refractivity (Wildman–Crippen MR) is 135 cm³/mol. The molecular formula is C27H28ClNO4S. The van der Waals surface area contributed by atoms with Gasteiger partial charge in [-0.1, -0.05) is 54.8 Å². The molecule has 0 amide bonds. The van der Waals surface area contributed by atoms with E-state index >= 15 is 0 Å². The topological polar surface area (TPSA) is 72.5 Å². The fraction of sp³-hybridized carbons (Fsp3) is 0.296. The smallest absolute Gasteiger partial charge is 0.261 e. The zero-order chi connectivity index (χ0) is 24.1. The Morgan fingerprint density at radius 3 is 2.47 bits per heavy atom. The van der Waals surface area contributed by atoms with Gasteiger partial charge in [-0.05, 0) is 73.2 Å². The first-order chi connectivity index (χ1) is 16.4. The van der Waals surface area contributed by atoms with Crippen molar-refractivity contribution >= 4 is 33.1 Å². The Kier molecular flexibility index (Phi) is 7.59. The monoisotopic (exact) mass is 497 g/mol. The number of ether oxygens (including phenoxy) is 1. The highest BCUT2D eigenvalue weighted by molar-refractivity contribution is 7.92. The third-order valence-electron chi connectivity index (χ3n) is 6.38. The molecule has 0 bridgehead atoms. The van der Waals surface area contributed by atoms with Crippen LogP contribution in [0.15, 0.2) is 77.7 Å². The fourth-order valence-electron chi connectivity index (χ4n) is 4.65. The summed E-state index contributed by atoms with van der Waals surface area (Å²) >= 11 is 6.21. The van der Waals surface area contributed by atoms with Crippen molar-refractivity contribution in [2.45, 2.75) is 37.0 Å². The summed E-state index contributed by atoms with van der Waals surface area (Å²) in [5.74, 6) is 0.755. The maximum Gasteiger partial charge on any atom is 0.261 e. The molecule has 1 saturated carbocycles. The molecule has 3 aromatic carbocycles. The van der Waals surface area contributed by atoms with Crippen molar-refractivity contribution in [1.82, 2.24) is 0 Å². The van der Waals surface area contributed by atoms with E-state index in [0.717, 1.165) is 32.1 Å². The minimum Gasteiger partial charge on any atom is -0.497 e. The molecule has 0 radical (unpaired) electrons. The highest BCUT2D eigenvalue weighted by atomic mass is 35.5. The van der Waals surface area contributed by atoms with E-state index < -0.39 is 10.0 Å². The van der Waals surface area contributed by atoms with Gasteiger partial charge in [-0.2, -0.15) is 0 Å². The van der Waals surface area contributed by atoms with Crippen molar-refractivity contribution < 1.29 is 17.9 Å². The Hall–Kier alpha value is -2.83. The summed E-state index contributed by atoms with van der Waals surface area (Å²) in [7, 11) is -2.37. The molecule has 0 aliphatic heterocycles. The second-order valence-corrected chi connectivity index (χ2v) is 10.9. The molecule has 0 aromatic heterocycles. The van der Waals surface area contributed by atoms with Gasteiger partial charge in [0, 0.05) is 16.5 Å². The second-order valence-electron chi connectivity index (χ2n) is 8.75. The number of sulfonamides is 1. The maximum atomic E-state index is 13.6. The third-order valence-corrected chi connectivity index (χ3v) is 8.00. The van der Waals surface area contributed by atoms with Gasteiger partial charge >= 0.3 is 0 Å². The van der Waals surface area contributed by atoms with Crippen molar-refractivity contribution in [3.8, 4) is 5.75 Å². The van der Waals surface area contributed by atoms with E-state index in [-0.39, 0.29) is 22.3 Å². The second kappa shape index (κ2) is 10.6. The van der Waals surface area contributed by atoms with Gasteiger partial charge in [-0.3, -0.25) is 9.52 Å². The molecule has 1 fully saturated rings. The number of benzene rings is 3. The van der Waals surface area contributed by atoms with Gasteiger partial charge in [0.15, 0.2) is 5.78 Å². The third kappa shape index (κ3) is 5.80. The lowest BCUT2D eigenvalue weighted by molar-refractivity contribution is 0.0864. The van der Waals surface area contributed by atoms with Crippen LogP contribution in [0.4, 0.5) is 5.69 Å². The number of Topliss-reactive ketones (excluding diaryl/α,β-unsaturated/α-hetero) is 1. The van der Waals surface area contributed by atoms with Crippen LogP contribution in [-0.2, 0) is 16.4 Å². The highest BCUT2D eigenvalue weighted by Gasteiger charge is 2.30. The van der Waals surface area contributed by atoms with Gasteiger partial charge in [0.25, 0.3) is 10.0 Å². The summed E-state index contributed by atoms with van der Waals surface area (Å²) in [6.45, 7) is 0. The van der Waals surface area contributed by atoms with Crippen LogP contribution in [0.3, 0.4) is 0 Å². The molecule has 3 aromatic rings. The van der Waals surface area contributed by atoms with E-state index in [2.05, 4.69) is 16.9 Å². The molecule has 0 spiro atoms. The van der Waals surface area contributed by atoms with Crippen LogP contribution in [-0.4, -0.2) is 21.3 Å². The molecule has 34 heavy (non-hydrogen) atoms. The van der Waals surface area contributed by atoms with E-state index in [4.69, 9.17) is 16.3 Å². The minimum absolute atomic E-state index is 0.0623. The van der Waals surface area contributed by atoms with Crippen molar-refractivity contribution in [2.24, 2.45) is 11.8 Å². The van der Waals surface area contributed by atoms with Crippen LogP contribution >= 0.6 is 11.6 Å². The lowest BCUT2D eigenvalue weighted by Crippen LogP contribution is -2.25. The number of hydrogen-bond acceptors (Lipinski definition) is 4. The van der Waals surface area contributed by atoms with Crippen molar-refractivity contribution in [1.29, 1.82) is 0 Å². The molecular weight excluding hydrogens is 470 g/mol. The van der Waals surface area contributed by atoms with Crippen LogP contribution < -0.4 is 9.46 Å². The van der Waals surface area contributed by atoms with Gasteiger partial charge < -0.3 is 4.74 Å². The number of halogens is 1. The summed E-state index contributed by atoms with van der Waals surface area (Å²) in [4.78, 5) is 13.7. The van der Waals surface area contributed by atoms with Gasteiger partial charge in [0.1, 0.15) is 5.75 Å². The molecule has 0 saturated heterocycles. The number of anilines is 1. The van der Waals surface area contributed by atoms with Crippen molar-refractivity contribution in [2.75, 3.05) is 11.8 Å². The predicted octanol–water partition coefficient (Wildman–Crippen LogP) is 6.38. The van der Waals surface area contributed by atoms with Crippen molar-refractivity contribution in [3.63, 3.8) is 0 Å². The quantitative estimate of drug-likeness (QED) is 0.366. The van der Waals surface area contributed by atoms with Gasteiger partial charge in [-0.15, -0.1) is 0 Å². The van der Waals surface area contributed by atoms with Crippen LogP contribution in [0.1, 0.15) is 41.6 Å². The molecule has 7 heteroatoms. The van der Waals surface area contributed by atoms with Crippen LogP contribution in [0, 0.1) is 11.8 Å². The molecule has 1 N–H and O–H groups in total. The number of nitrogens with one attached hydrogen (secondary N) is 1. The molecule has 1 aliphatic carbocycles. The lowest BCUT2D eigenvalue weighted by atomic mass is 9.75. The molecule has 0 heterocycles. The number of ketones is 1. The summed E-state index contributed by atoms with van der Waals surface area (Å²) in [5, 5.41) is 0.396. The zero-order valence-corrected chi connectivity index (χ0v) is 20.6. The first kappa shape index (κ1) is 24.3. The van der Waals surface area contributed by atoms with E-state index in [1.165, 1.54) is 24.8 Å². The van der Waals surface area contributed by atoms with E-state index in [1.54, 1.807) is 30.3 Å².